The molecule has 0 fully saturated rings. The van der Waals surface area contributed by atoms with E-state index in [1.54, 1.807) is 0 Å². The molecule has 0 heterocycles. The second kappa shape index (κ2) is 16.3. The van der Waals surface area contributed by atoms with Crippen molar-refractivity contribution in [3.05, 3.63) is 0 Å². The predicted octanol–water partition coefficient (Wildman–Crippen LogP) is 4.94. The molecule has 0 bridgehead atoms. The van der Waals surface area contributed by atoms with Crippen molar-refractivity contribution in [2.24, 2.45) is 0 Å². The van der Waals surface area contributed by atoms with Gasteiger partial charge in [0.25, 0.3) is 0 Å². The number of quaternary nitrogens is 1. The fourth-order valence-electron chi connectivity index (χ4n) is 2.64. The SMILES string of the molecule is CCCC[N+](CCCC)(CCCC)CCCC.S.[OH-]. The molecule has 120 valence electrons. The van der Waals surface area contributed by atoms with Crippen molar-refractivity contribution in [1.29, 1.82) is 0 Å². The lowest BCUT2D eigenvalue weighted by molar-refractivity contribution is -0.929. The van der Waals surface area contributed by atoms with Gasteiger partial charge in [-0.3, -0.25) is 0 Å². The van der Waals surface area contributed by atoms with Crippen LogP contribution in [-0.2, 0) is 0 Å². The minimum absolute atomic E-state index is 0. The van der Waals surface area contributed by atoms with E-state index in [9.17, 15) is 0 Å². The van der Waals surface area contributed by atoms with E-state index in [2.05, 4.69) is 27.7 Å². The summed E-state index contributed by atoms with van der Waals surface area (Å²) in [5.41, 5.74) is 0. The van der Waals surface area contributed by atoms with Crippen LogP contribution in [0, 0.1) is 0 Å². The maximum absolute atomic E-state index is 2.33. The summed E-state index contributed by atoms with van der Waals surface area (Å²) in [6.07, 6.45) is 11.1. The molecule has 0 aliphatic heterocycles. The third kappa shape index (κ3) is 11.8. The summed E-state index contributed by atoms with van der Waals surface area (Å²) in [7, 11) is 0. The van der Waals surface area contributed by atoms with Crippen LogP contribution < -0.4 is 0 Å². The Hall–Kier alpha value is 0.270. The van der Waals surface area contributed by atoms with Gasteiger partial charge in [-0.05, 0) is 25.7 Å². The monoisotopic (exact) mass is 293 g/mol. The van der Waals surface area contributed by atoms with E-state index in [4.69, 9.17) is 0 Å². The first kappa shape index (κ1) is 24.3. The smallest absolute Gasteiger partial charge is 0.0786 e. The first-order valence-corrected chi connectivity index (χ1v) is 8.09. The van der Waals surface area contributed by atoms with Gasteiger partial charge in [-0.25, -0.2) is 0 Å². The van der Waals surface area contributed by atoms with Crippen LogP contribution >= 0.6 is 13.5 Å². The summed E-state index contributed by atoms with van der Waals surface area (Å²) in [5.74, 6) is 0. The zero-order valence-electron chi connectivity index (χ0n) is 13.9. The summed E-state index contributed by atoms with van der Waals surface area (Å²) >= 11 is 0. The van der Waals surface area contributed by atoms with Gasteiger partial charge >= 0.3 is 0 Å². The van der Waals surface area contributed by atoms with Crippen LogP contribution in [-0.4, -0.2) is 36.1 Å². The van der Waals surface area contributed by atoms with E-state index in [0.29, 0.717) is 0 Å². The summed E-state index contributed by atoms with van der Waals surface area (Å²) in [6.45, 7) is 15.0. The Morgan fingerprint density at radius 1 is 0.526 bits per heavy atom. The van der Waals surface area contributed by atoms with E-state index in [-0.39, 0.29) is 19.0 Å². The van der Waals surface area contributed by atoms with Gasteiger partial charge in [0.05, 0.1) is 26.2 Å². The van der Waals surface area contributed by atoms with Gasteiger partial charge in [-0.2, -0.15) is 13.5 Å². The lowest BCUT2D eigenvalue weighted by atomic mass is 10.1. The molecule has 0 radical (unpaired) electrons. The van der Waals surface area contributed by atoms with Crippen molar-refractivity contribution >= 4 is 13.5 Å². The van der Waals surface area contributed by atoms with Crippen molar-refractivity contribution in [2.45, 2.75) is 79.1 Å². The molecule has 0 aromatic heterocycles. The maximum atomic E-state index is 2.33. The Bertz CT molecular complexity index is 127. The molecule has 19 heavy (non-hydrogen) atoms. The molecule has 0 aromatic carbocycles. The molecule has 0 atom stereocenters. The Morgan fingerprint density at radius 2 is 0.737 bits per heavy atom. The molecular formula is C16H39NOS. The van der Waals surface area contributed by atoms with Gasteiger partial charge in [0, 0.05) is 0 Å². The molecule has 0 spiro atoms. The normalized spacial score (nSPS) is 10.7. The summed E-state index contributed by atoms with van der Waals surface area (Å²) < 4.78 is 1.42. The minimum atomic E-state index is 0. The standard InChI is InChI=1S/C16H36N.H2O.H2S/c1-5-9-13-17(14-10-6-2,15-11-7-3)16-12-8-4;;/h5-16H2,1-4H3;2*1H2/q+1;;/p-1. The van der Waals surface area contributed by atoms with Gasteiger partial charge in [0.2, 0.25) is 0 Å². The fraction of sp³-hybridized carbons (Fsp3) is 1.00. The highest BCUT2D eigenvalue weighted by Gasteiger charge is 2.24. The highest BCUT2D eigenvalue weighted by Crippen LogP contribution is 2.16. The van der Waals surface area contributed by atoms with Gasteiger partial charge in [-0.1, -0.05) is 53.4 Å². The minimum Gasteiger partial charge on any atom is -0.870 e. The zero-order chi connectivity index (χ0) is 13.0. The van der Waals surface area contributed by atoms with Crippen LogP contribution in [0.25, 0.3) is 0 Å². The molecule has 0 amide bonds. The van der Waals surface area contributed by atoms with Crippen LogP contribution in [0.3, 0.4) is 0 Å². The number of hydrogen-bond donors (Lipinski definition) is 0. The first-order chi connectivity index (χ1) is 8.24. The van der Waals surface area contributed by atoms with Gasteiger partial charge in [0.1, 0.15) is 0 Å². The topological polar surface area (TPSA) is 30.0 Å². The second-order valence-corrected chi connectivity index (χ2v) is 5.65. The summed E-state index contributed by atoms with van der Waals surface area (Å²) in [6, 6.07) is 0. The molecule has 0 saturated heterocycles. The van der Waals surface area contributed by atoms with Gasteiger partial charge < -0.3 is 9.96 Å². The van der Waals surface area contributed by atoms with Gasteiger partial charge in [-0.15, -0.1) is 0 Å². The third-order valence-electron chi connectivity index (χ3n) is 3.94. The third-order valence-corrected chi connectivity index (χ3v) is 3.94. The van der Waals surface area contributed by atoms with Crippen LogP contribution in [0.1, 0.15) is 79.1 Å². The molecule has 0 aromatic rings. The van der Waals surface area contributed by atoms with Crippen molar-refractivity contribution < 1.29 is 9.96 Å². The highest BCUT2D eigenvalue weighted by atomic mass is 32.1. The quantitative estimate of drug-likeness (QED) is 0.469. The Balaban J connectivity index is -0.00000128. The average Bonchev–Trinajstić information content (AvgIpc) is 2.37. The number of hydrogen-bond acceptors (Lipinski definition) is 1. The van der Waals surface area contributed by atoms with E-state index >= 15 is 0 Å². The molecule has 1 N–H and O–H groups in total. The largest absolute Gasteiger partial charge is 0.870 e. The molecule has 0 aliphatic rings. The molecule has 0 saturated carbocycles. The maximum Gasteiger partial charge on any atom is 0.0786 e. The molecule has 0 unspecified atom stereocenters. The lowest BCUT2D eigenvalue weighted by Gasteiger charge is -2.39. The number of rotatable bonds is 12. The molecule has 3 heteroatoms. The van der Waals surface area contributed by atoms with E-state index in [0.717, 1.165) is 0 Å². The molecular weight excluding hydrogens is 254 g/mol. The highest BCUT2D eigenvalue weighted by molar-refractivity contribution is 7.59. The van der Waals surface area contributed by atoms with Crippen LogP contribution in [0.4, 0.5) is 0 Å². The van der Waals surface area contributed by atoms with Crippen LogP contribution in [0.15, 0.2) is 0 Å². The van der Waals surface area contributed by atoms with E-state index in [1.807, 2.05) is 0 Å². The molecule has 0 aliphatic carbocycles. The van der Waals surface area contributed by atoms with Crippen molar-refractivity contribution in [3.8, 4) is 0 Å². The zero-order valence-corrected chi connectivity index (χ0v) is 14.9. The Morgan fingerprint density at radius 3 is 0.895 bits per heavy atom. The van der Waals surface area contributed by atoms with Crippen LogP contribution in [0.5, 0.6) is 0 Å². The number of unbranched alkanes of at least 4 members (excludes halogenated alkanes) is 4. The second-order valence-electron chi connectivity index (χ2n) is 5.65. The van der Waals surface area contributed by atoms with Crippen molar-refractivity contribution in [1.82, 2.24) is 0 Å². The van der Waals surface area contributed by atoms with Crippen molar-refractivity contribution in [2.75, 3.05) is 26.2 Å². The predicted molar refractivity (Wildman–Crippen MR) is 91.7 cm³/mol. The van der Waals surface area contributed by atoms with Crippen molar-refractivity contribution in [3.63, 3.8) is 0 Å². The number of nitrogens with zero attached hydrogens (tertiary/aromatic N) is 1. The van der Waals surface area contributed by atoms with Gasteiger partial charge in [0.15, 0.2) is 0 Å². The van der Waals surface area contributed by atoms with E-state index < -0.39 is 0 Å². The Labute approximate surface area is 129 Å². The first-order valence-electron chi connectivity index (χ1n) is 8.09. The van der Waals surface area contributed by atoms with Crippen LogP contribution in [0.2, 0.25) is 0 Å². The molecule has 2 nitrogen and oxygen atoms in total. The van der Waals surface area contributed by atoms with E-state index in [1.165, 1.54) is 82.0 Å². The Kier molecular flexibility index (Phi) is 20.9. The fourth-order valence-corrected chi connectivity index (χ4v) is 2.64. The summed E-state index contributed by atoms with van der Waals surface area (Å²) in [5, 5.41) is 0. The lowest BCUT2D eigenvalue weighted by Crippen LogP contribution is -2.50. The molecule has 0 rings (SSSR count). The average molecular weight is 294 g/mol. The summed E-state index contributed by atoms with van der Waals surface area (Å²) in [4.78, 5) is 0.